The zero-order chi connectivity index (χ0) is 23.0. The van der Waals surface area contributed by atoms with E-state index in [9.17, 15) is 4.79 Å². The highest BCUT2D eigenvalue weighted by Gasteiger charge is 2.26. The summed E-state index contributed by atoms with van der Waals surface area (Å²) in [5.74, 6) is 0.888. The Bertz CT molecular complexity index is 1080. The summed E-state index contributed by atoms with van der Waals surface area (Å²) in [4.78, 5) is 16.4. The Morgan fingerprint density at radius 3 is 2.06 bits per heavy atom. The van der Waals surface area contributed by atoms with Crippen molar-refractivity contribution in [1.82, 2.24) is 19.2 Å². The second kappa shape index (κ2) is 8.65. The summed E-state index contributed by atoms with van der Waals surface area (Å²) >= 11 is 3.65. The molecule has 0 N–H and O–H groups in total. The number of amides is 1. The van der Waals surface area contributed by atoms with Crippen LogP contribution >= 0.6 is 15.9 Å². The van der Waals surface area contributed by atoms with Gasteiger partial charge in [0.2, 0.25) is 0 Å². The molecule has 7 nitrogen and oxygen atoms in total. The minimum absolute atomic E-state index is 0.236. The summed E-state index contributed by atoms with van der Waals surface area (Å²) in [6.07, 6.45) is -0.236. The number of benzene rings is 1. The molecule has 3 aromatic rings. The highest BCUT2D eigenvalue weighted by Crippen LogP contribution is 2.25. The molecule has 8 heteroatoms. The van der Waals surface area contributed by atoms with E-state index in [1.54, 1.807) is 4.90 Å². The first kappa shape index (κ1) is 22.5. The molecule has 1 aliphatic rings. The van der Waals surface area contributed by atoms with Crippen LogP contribution in [-0.2, 0) is 4.74 Å². The lowest BCUT2D eigenvalue weighted by Crippen LogP contribution is -2.50. The van der Waals surface area contributed by atoms with E-state index in [1.165, 1.54) is 0 Å². The van der Waals surface area contributed by atoms with Gasteiger partial charge in [0, 0.05) is 49.3 Å². The Balaban J connectivity index is 1.44. The van der Waals surface area contributed by atoms with Crippen molar-refractivity contribution >= 4 is 27.7 Å². The largest absolute Gasteiger partial charge is 0.444 e. The Hall–Kier alpha value is -2.74. The highest BCUT2D eigenvalue weighted by molar-refractivity contribution is 9.10. The van der Waals surface area contributed by atoms with Crippen molar-refractivity contribution in [3.8, 4) is 11.5 Å². The SMILES string of the molecule is Cc1ccc(C)n1-c1cc(Br)n(-c2ccc(N3CCN(C(=O)OC(C)(C)C)CC3)cc2)n1. The Labute approximate surface area is 197 Å². The predicted molar refractivity (Wildman–Crippen MR) is 130 cm³/mol. The lowest BCUT2D eigenvalue weighted by atomic mass is 10.2. The van der Waals surface area contributed by atoms with Gasteiger partial charge in [0.05, 0.1) is 5.69 Å². The molecular formula is C24H30BrN5O2. The fourth-order valence-corrected chi connectivity index (χ4v) is 4.43. The summed E-state index contributed by atoms with van der Waals surface area (Å²) in [5, 5.41) is 4.81. The van der Waals surface area contributed by atoms with Crippen molar-refractivity contribution < 1.29 is 9.53 Å². The van der Waals surface area contributed by atoms with Crippen LogP contribution in [0.15, 0.2) is 47.1 Å². The number of aromatic nitrogens is 3. The van der Waals surface area contributed by atoms with Gasteiger partial charge in [0.25, 0.3) is 0 Å². The maximum absolute atomic E-state index is 12.3. The normalized spacial score (nSPS) is 14.7. The van der Waals surface area contributed by atoms with Crippen molar-refractivity contribution in [2.75, 3.05) is 31.1 Å². The van der Waals surface area contributed by atoms with Crippen molar-refractivity contribution in [3.05, 3.63) is 58.5 Å². The third-order valence-corrected chi connectivity index (χ3v) is 6.11. The van der Waals surface area contributed by atoms with Gasteiger partial charge in [-0.25, -0.2) is 9.48 Å². The quantitative estimate of drug-likeness (QED) is 0.502. The van der Waals surface area contributed by atoms with E-state index in [0.717, 1.165) is 46.3 Å². The number of piperazine rings is 1. The van der Waals surface area contributed by atoms with Crippen LogP contribution in [0.25, 0.3) is 11.5 Å². The zero-order valence-corrected chi connectivity index (χ0v) is 20.9. The van der Waals surface area contributed by atoms with Crippen LogP contribution in [0, 0.1) is 13.8 Å². The molecule has 1 aliphatic heterocycles. The fraction of sp³-hybridized carbons (Fsp3) is 0.417. The Morgan fingerprint density at radius 2 is 1.50 bits per heavy atom. The van der Waals surface area contributed by atoms with Gasteiger partial charge >= 0.3 is 6.09 Å². The second-order valence-electron chi connectivity index (χ2n) is 9.16. The maximum atomic E-state index is 12.3. The molecule has 0 aliphatic carbocycles. The first-order valence-corrected chi connectivity index (χ1v) is 11.7. The van der Waals surface area contributed by atoms with Crippen LogP contribution in [0.2, 0.25) is 0 Å². The van der Waals surface area contributed by atoms with Crippen molar-refractivity contribution in [3.63, 3.8) is 0 Å². The van der Waals surface area contributed by atoms with Gasteiger partial charge in [-0.15, -0.1) is 5.10 Å². The second-order valence-corrected chi connectivity index (χ2v) is 9.97. The molecule has 1 amide bonds. The average Bonchev–Trinajstić information content (AvgIpc) is 3.28. The van der Waals surface area contributed by atoms with Crippen LogP contribution in [0.3, 0.4) is 0 Å². The Kier molecular flexibility index (Phi) is 6.07. The van der Waals surface area contributed by atoms with E-state index in [2.05, 4.69) is 75.6 Å². The number of nitrogens with zero attached hydrogens (tertiary/aromatic N) is 5. The topological polar surface area (TPSA) is 55.5 Å². The molecule has 1 aromatic carbocycles. The lowest BCUT2D eigenvalue weighted by molar-refractivity contribution is 0.0240. The minimum Gasteiger partial charge on any atom is -0.444 e. The zero-order valence-electron chi connectivity index (χ0n) is 19.3. The number of halogens is 1. The average molecular weight is 500 g/mol. The van der Waals surface area contributed by atoms with E-state index in [4.69, 9.17) is 9.84 Å². The van der Waals surface area contributed by atoms with Crippen LogP contribution < -0.4 is 4.90 Å². The van der Waals surface area contributed by atoms with Crippen molar-refractivity contribution in [2.45, 2.75) is 40.2 Å². The number of hydrogen-bond acceptors (Lipinski definition) is 4. The van der Waals surface area contributed by atoms with E-state index in [-0.39, 0.29) is 6.09 Å². The van der Waals surface area contributed by atoms with Gasteiger partial charge < -0.3 is 19.1 Å². The number of ether oxygens (including phenoxy) is 1. The number of carbonyl (C=O) groups excluding carboxylic acids is 1. The van der Waals surface area contributed by atoms with Gasteiger partial charge in [0.1, 0.15) is 10.2 Å². The van der Waals surface area contributed by atoms with Gasteiger partial charge in [-0.3, -0.25) is 0 Å². The molecule has 0 atom stereocenters. The van der Waals surface area contributed by atoms with Crippen molar-refractivity contribution in [2.24, 2.45) is 0 Å². The molecule has 3 heterocycles. The fourth-order valence-electron chi connectivity index (χ4n) is 3.95. The van der Waals surface area contributed by atoms with Crippen LogP contribution in [0.4, 0.5) is 10.5 Å². The first-order chi connectivity index (χ1) is 15.1. The minimum atomic E-state index is -0.469. The molecule has 2 aromatic heterocycles. The summed E-state index contributed by atoms with van der Waals surface area (Å²) in [6, 6.07) is 14.6. The third kappa shape index (κ3) is 4.70. The molecule has 0 bridgehead atoms. The van der Waals surface area contributed by atoms with Gasteiger partial charge in [0.15, 0.2) is 5.82 Å². The molecule has 0 radical (unpaired) electrons. The van der Waals surface area contributed by atoms with Gasteiger partial charge in [-0.05, 0) is 86.9 Å². The molecule has 32 heavy (non-hydrogen) atoms. The van der Waals surface area contributed by atoms with Crippen LogP contribution in [0.5, 0.6) is 0 Å². The van der Waals surface area contributed by atoms with E-state index in [0.29, 0.717) is 13.1 Å². The number of aryl methyl sites for hydroxylation is 2. The molecular weight excluding hydrogens is 470 g/mol. The third-order valence-electron chi connectivity index (χ3n) is 5.54. The van der Waals surface area contributed by atoms with Gasteiger partial charge in [-0.2, -0.15) is 0 Å². The number of anilines is 1. The molecule has 0 saturated carbocycles. The number of hydrogen-bond donors (Lipinski definition) is 0. The smallest absolute Gasteiger partial charge is 0.410 e. The Morgan fingerprint density at radius 1 is 0.938 bits per heavy atom. The summed E-state index contributed by atoms with van der Waals surface area (Å²) in [7, 11) is 0. The standard InChI is InChI=1S/C24H30BrN5O2/c1-17-6-7-18(2)29(17)22-16-21(25)30(26-22)20-10-8-19(9-11-20)27-12-14-28(15-13-27)23(31)32-24(3,4)5/h6-11,16H,12-15H2,1-5H3. The summed E-state index contributed by atoms with van der Waals surface area (Å²) in [6.45, 7) is 12.7. The summed E-state index contributed by atoms with van der Waals surface area (Å²) < 4.78 is 10.4. The van der Waals surface area contributed by atoms with Crippen LogP contribution in [0.1, 0.15) is 32.2 Å². The number of rotatable bonds is 3. The maximum Gasteiger partial charge on any atom is 0.410 e. The molecule has 4 rings (SSSR count). The first-order valence-electron chi connectivity index (χ1n) is 10.9. The van der Waals surface area contributed by atoms with E-state index < -0.39 is 5.60 Å². The molecule has 0 unspecified atom stereocenters. The molecule has 1 saturated heterocycles. The molecule has 0 spiro atoms. The van der Waals surface area contributed by atoms with Gasteiger partial charge in [-0.1, -0.05) is 0 Å². The summed E-state index contributed by atoms with van der Waals surface area (Å²) in [5.41, 5.74) is 3.96. The molecule has 1 fully saturated rings. The predicted octanol–water partition coefficient (Wildman–Crippen LogP) is 5.10. The van der Waals surface area contributed by atoms with E-state index in [1.807, 2.05) is 31.5 Å². The molecule has 170 valence electrons. The highest BCUT2D eigenvalue weighted by atomic mass is 79.9. The van der Waals surface area contributed by atoms with Crippen molar-refractivity contribution in [1.29, 1.82) is 0 Å². The monoisotopic (exact) mass is 499 g/mol. The van der Waals surface area contributed by atoms with Crippen LogP contribution in [-0.4, -0.2) is 57.1 Å². The van der Waals surface area contributed by atoms with E-state index >= 15 is 0 Å². The number of carbonyl (C=O) groups is 1. The lowest BCUT2D eigenvalue weighted by Gasteiger charge is -2.36.